The molecule has 4 nitrogen and oxygen atoms in total. The molecule has 1 saturated heterocycles. The molecule has 0 aliphatic carbocycles. The molecule has 0 radical (unpaired) electrons. The van der Waals surface area contributed by atoms with Crippen molar-refractivity contribution in [2.45, 2.75) is 18.5 Å². The van der Waals surface area contributed by atoms with Crippen LogP contribution in [0.25, 0.3) is 0 Å². The molecule has 2 rings (SSSR count). The topological polar surface area (TPSA) is 47.7 Å². The molecule has 1 aliphatic rings. The molecule has 1 aromatic rings. The van der Waals surface area contributed by atoms with Crippen LogP contribution in [-0.4, -0.2) is 33.1 Å². The summed E-state index contributed by atoms with van der Waals surface area (Å²) in [7, 11) is 3.03. The van der Waals surface area contributed by atoms with Crippen molar-refractivity contribution in [1.29, 1.82) is 0 Å². The summed E-state index contributed by atoms with van der Waals surface area (Å²) in [5, 5.41) is 0. The van der Waals surface area contributed by atoms with Gasteiger partial charge >= 0.3 is 6.18 Å². The molecule has 0 bridgehead atoms. The maximum Gasteiger partial charge on any atom is 0.416 e. The van der Waals surface area contributed by atoms with Gasteiger partial charge in [0.05, 0.1) is 18.7 Å². The number of hydrogen-bond acceptors (Lipinski definition) is 4. The molecular weight excluding hydrogens is 273 g/mol. The highest BCUT2D eigenvalue weighted by Crippen LogP contribution is 2.37. The molecule has 0 amide bonds. The van der Waals surface area contributed by atoms with E-state index in [1.807, 2.05) is 0 Å². The van der Waals surface area contributed by atoms with Gasteiger partial charge in [-0.3, -0.25) is 0 Å². The maximum atomic E-state index is 13.0. The fourth-order valence-corrected chi connectivity index (χ4v) is 2.26. The molecule has 20 heavy (non-hydrogen) atoms. The highest BCUT2D eigenvalue weighted by molar-refractivity contribution is 5.54. The van der Waals surface area contributed by atoms with E-state index in [2.05, 4.69) is 0 Å². The molecule has 1 aliphatic heterocycles. The first kappa shape index (κ1) is 15.1. The Morgan fingerprint density at radius 1 is 1.25 bits per heavy atom. The largest absolute Gasteiger partial charge is 0.416 e. The van der Waals surface area contributed by atoms with E-state index in [1.54, 1.807) is 11.0 Å². The number of benzene rings is 1. The molecule has 0 aromatic heterocycles. The number of alkyl halides is 3. The number of anilines is 1. The van der Waals surface area contributed by atoms with Gasteiger partial charge < -0.3 is 20.1 Å². The van der Waals surface area contributed by atoms with Gasteiger partial charge in [-0.1, -0.05) is 6.07 Å². The van der Waals surface area contributed by atoms with Gasteiger partial charge in [0, 0.05) is 26.5 Å². The maximum absolute atomic E-state index is 13.0. The Morgan fingerprint density at radius 2 is 1.85 bits per heavy atom. The van der Waals surface area contributed by atoms with Crippen LogP contribution in [0, 0.1) is 0 Å². The summed E-state index contributed by atoms with van der Waals surface area (Å²) in [6.45, 7) is 0.633. The monoisotopic (exact) mass is 290 g/mol. The number of halogens is 3. The van der Waals surface area contributed by atoms with Crippen LogP contribution < -0.4 is 10.6 Å². The molecule has 1 aromatic carbocycles. The SMILES string of the molecule is COC1(OC)CN(c2ccc(CN)c(C(F)(F)F)c2)C1. The number of ether oxygens (including phenoxy) is 2. The second kappa shape index (κ2) is 5.23. The zero-order valence-corrected chi connectivity index (χ0v) is 11.3. The first-order valence-electron chi connectivity index (χ1n) is 6.10. The van der Waals surface area contributed by atoms with Crippen LogP contribution in [-0.2, 0) is 22.2 Å². The quantitative estimate of drug-likeness (QED) is 0.861. The van der Waals surface area contributed by atoms with Gasteiger partial charge in [-0.05, 0) is 17.7 Å². The van der Waals surface area contributed by atoms with Crippen LogP contribution >= 0.6 is 0 Å². The van der Waals surface area contributed by atoms with Gasteiger partial charge in [-0.15, -0.1) is 0 Å². The number of methoxy groups -OCH3 is 2. The van der Waals surface area contributed by atoms with Crippen molar-refractivity contribution >= 4 is 5.69 Å². The first-order chi connectivity index (χ1) is 9.35. The molecule has 1 heterocycles. The lowest BCUT2D eigenvalue weighted by Gasteiger charge is -2.48. The standard InChI is InChI=1S/C13H17F3N2O2/c1-19-12(20-2)7-18(8-12)10-4-3-9(6-17)11(5-10)13(14,15)16/h3-5H,6-8,17H2,1-2H3. The molecular formula is C13H17F3N2O2. The zero-order chi connectivity index (χ0) is 15.0. The summed E-state index contributed by atoms with van der Waals surface area (Å²) in [6.07, 6.45) is -4.41. The zero-order valence-electron chi connectivity index (χ0n) is 11.3. The van der Waals surface area contributed by atoms with Gasteiger partial charge in [0.15, 0.2) is 0 Å². The molecule has 2 N–H and O–H groups in total. The summed E-state index contributed by atoms with van der Waals surface area (Å²) in [6, 6.07) is 4.17. The Kier molecular flexibility index (Phi) is 3.95. The fourth-order valence-electron chi connectivity index (χ4n) is 2.26. The number of rotatable bonds is 4. The minimum absolute atomic E-state index is 0.0894. The summed E-state index contributed by atoms with van der Waals surface area (Å²) in [5.74, 6) is -0.731. The van der Waals surface area contributed by atoms with Crippen LogP contribution in [0.5, 0.6) is 0 Å². The Balaban J connectivity index is 2.24. The summed E-state index contributed by atoms with van der Waals surface area (Å²) in [5.41, 5.74) is 5.24. The molecule has 0 atom stereocenters. The average Bonchev–Trinajstić information content (AvgIpc) is 2.37. The van der Waals surface area contributed by atoms with Crippen LogP contribution in [0.2, 0.25) is 0 Å². The van der Waals surface area contributed by atoms with Crippen molar-refractivity contribution in [3.8, 4) is 0 Å². The lowest BCUT2D eigenvalue weighted by molar-refractivity contribution is -0.219. The molecule has 1 fully saturated rings. The van der Waals surface area contributed by atoms with Crippen LogP contribution in [0.1, 0.15) is 11.1 Å². The highest BCUT2D eigenvalue weighted by atomic mass is 19.4. The first-order valence-corrected chi connectivity index (χ1v) is 6.10. The van der Waals surface area contributed by atoms with Crippen molar-refractivity contribution in [2.24, 2.45) is 5.73 Å². The fraction of sp³-hybridized carbons (Fsp3) is 0.538. The predicted molar refractivity (Wildman–Crippen MR) is 68.3 cm³/mol. The van der Waals surface area contributed by atoms with E-state index in [-0.39, 0.29) is 12.1 Å². The summed E-state index contributed by atoms with van der Waals surface area (Å²) >= 11 is 0. The Morgan fingerprint density at radius 3 is 2.30 bits per heavy atom. The highest BCUT2D eigenvalue weighted by Gasteiger charge is 2.44. The van der Waals surface area contributed by atoms with E-state index >= 15 is 0 Å². The summed E-state index contributed by atoms with van der Waals surface area (Å²) in [4.78, 5) is 1.77. The van der Waals surface area contributed by atoms with Crippen molar-refractivity contribution in [3.63, 3.8) is 0 Å². The lowest BCUT2D eigenvalue weighted by Crippen LogP contribution is -2.64. The van der Waals surface area contributed by atoms with Crippen molar-refractivity contribution < 1.29 is 22.6 Å². The Hall–Kier alpha value is -1.31. The molecule has 112 valence electrons. The van der Waals surface area contributed by atoms with Gasteiger partial charge in [0.25, 0.3) is 0 Å². The third-order valence-corrected chi connectivity index (χ3v) is 3.59. The summed E-state index contributed by atoms with van der Waals surface area (Å²) < 4.78 is 49.3. The van der Waals surface area contributed by atoms with E-state index in [0.29, 0.717) is 18.8 Å². The minimum atomic E-state index is -4.41. The van der Waals surface area contributed by atoms with E-state index in [9.17, 15) is 13.2 Å². The predicted octanol–water partition coefficient (Wildman–Crippen LogP) is 1.97. The lowest BCUT2D eigenvalue weighted by atomic mass is 10.0. The molecule has 0 spiro atoms. The van der Waals surface area contributed by atoms with Gasteiger partial charge in [-0.2, -0.15) is 13.2 Å². The third kappa shape index (κ3) is 2.61. The number of hydrogen-bond donors (Lipinski definition) is 1. The second-order valence-electron chi connectivity index (χ2n) is 4.72. The molecule has 0 saturated carbocycles. The van der Waals surface area contributed by atoms with Crippen molar-refractivity contribution in [2.75, 3.05) is 32.2 Å². The Bertz CT molecular complexity index is 479. The minimum Gasteiger partial charge on any atom is -0.361 e. The molecule has 0 unspecified atom stereocenters. The van der Waals surface area contributed by atoms with Crippen molar-refractivity contribution in [3.05, 3.63) is 29.3 Å². The Labute approximate surface area is 115 Å². The van der Waals surface area contributed by atoms with E-state index in [0.717, 1.165) is 6.07 Å². The van der Waals surface area contributed by atoms with Crippen LogP contribution in [0.4, 0.5) is 18.9 Å². The normalized spacial score (nSPS) is 18.0. The van der Waals surface area contributed by atoms with Crippen LogP contribution in [0.3, 0.4) is 0 Å². The average molecular weight is 290 g/mol. The van der Waals surface area contributed by atoms with Gasteiger partial charge in [-0.25, -0.2) is 0 Å². The molecule has 7 heteroatoms. The van der Waals surface area contributed by atoms with Crippen LogP contribution in [0.15, 0.2) is 18.2 Å². The smallest absolute Gasteiger partial charge is 0.361 e. The second-order valence-corrected chi connectivity index (χ2v) is 4.72. The van der Waals surface area contributed by atoms with E-state index < -0.39 is 17.5 Å². The van der Waals surface area contributed by atoms with E-state index in [1.165, 1.54) is 20.3 Å². The number of nitrogens with zero attached hydrogens (tertiary/aromatic N) is 1. The van der Waals surface area contributed by atoms with E-state index in [4.69, 9.17) is 15.2 Å². The van der Waals surface area contributed by atoms with Gasteiger partial charge in [0.2, 0.25) is 5.79 Å². The van der Waals surface area contributed by atoms with Gasteiger partial charge in [0.1, 0.15) is 0 Å². The van der Waals surface area contributed by atoms with Crippen molar-refractivity contribution in [1.82, 2.24) is 0 Å². The number of nitrogens with two attached hydrogens (primary N) is 1. The third-order valence-electron chi connectivity index (χ3n) is 3.59.